The molecule has 2 atom stereocenters. The van der Waals surface area contributed by atoms with Gasteiger partial charge in [0, 0.05) is 18.8 Å². The number of halogens is 1. The van der Waals surface area contributed by atoms with Gasteiger partial charge in [0.05, 0.1) is 19.2 Å². The largest absolute Gasteiger partial charge is 0.495 e. The maximum Gasteiger partial charge on any atom is 0.322 e. The van der Waals surface area contributed by atoms with E-state index < -0.39 is 6.04 Å². The topological polar surface area (TPSA) is 64.8 Å². The Hall–Kier alpha value is -1.46. The van der Waals surface area contributed by atoms with E-state index in [1.165, 1.54) is 7.11 Å². The van der Waals surface area contributed by atoms with E-state index in [-0.39, 0.29) is 5.97 Å². The third-order valence-electron chi connectivity index (χ3n) is 3.88. The monoisotopic (exact) mass is 312 g/mol. The Balaban J connectivity index is 1.96. The average Bonchev–Trinajstić information content (AvgIpc) is 2.94. The van der Waals surface area contributed by atoms with Crippen molar-refractivity contribution in [2.24, 2.45) is 11.7 Å². The number of esters is 1. The molecule has 6 heteroatoms. The molecule has 1 aromatic rings. The molecule has 1 heterocycles. The molecular weight excluding hydrogens is 292 g/mol. The Morgan fingerprint density at radius 2 is 2.29 bits per heavy atom. The van der Waals surface area contributed by atoms with Crippen LogP contribution in [0.25, 0.3) is 0 Å². The van der Waals surface area contributed by atoms with Crippen LogP contribution in [0.3, 0.4) is 0 Å². The van der Waals surface area contributed by atoms with Crippen LogP contribution in [0.4, 0.5) is 5.69 Å². The summed E-state index contributed by atoms with van der Waals surface area (Å²) in [5.41, 5.74) is 6.89. The van der Waals surface area contributed by atoms with E-state index >= 15 is 0 Å². The number of carbonyl (C=O) groups excluding carboxylic acids is 1. The maximum atomic E-state index is 11.4. The van der Waals surface area contributed by atoms with Gasteiger partial charge in [0.25, 0.3) is 0 Å². The van der Waals surface area contributed by atoms with Crippen molar-refractivity contribution in [3.05, 3.63) is 23.2 Å². The molecule has 5 nitrogen and oxygen atoms in total. The Morgan fingerprint density at radius 1 is 1.52 bits per heavy atom. The van der Waals surface area contributed by atoms with Gasteiger partial charge in [-0.1, -0.05) is 11.6 Å². The van der Waals surface area contributed by atoms with Crippen molar-refractivity contribution in [1.82, 2.24) is 0 Å². The van der Waals surface area contributed by atoms with E-state index in [0.29, 0.717) is 23.1 Å². The maximum absolute atomic E-state index is 11.4. The zero-order valence-corrected chi connectivity index (χ0v) is 13.1. The molecule has 116 valence electrons. The molecule has 0 bridgehead atoms. The fourth-order valence-corrected chi connectivity index (χ4v) is 2.97. The summed E-state index contributed by atoms with van der Waals surface area (Å²) in [7, 11) is 2.96. The van der Waals surface area contributed by atoms with E-state index in [4.69, 9.17) is 22.1 Å². The smallest absolute Gasteiger partial charge is 0.322 e. The summed E-state index contributed by atoms with van der Waals surface area (Å²) in [6.45, 7) is 1.80. The van der Waals surface area contributed by atoms with Gasteiger partial charge < -0.3 is 20.1 Å². The lowest BCUT2D eigenvalue weighted by molar-refractivity contribution is -0.142. The number of nitrogens with two attached hydrogens (primary N) is 1. The molecule has 0 saturated carbocycles. The number of hydrogen-bond donors (Lipinski definition) is 1. The lowest BCUT2D eigenvalue weighted by atomic mass is 10.00. The second kappa shape index (κ2) is 7.00. The van der Waals surface area contributed by atoms with Crippen molar-refractivity contribution in [3.63, 3.8) is 0 Å². The molecule has 2 unspecified atom stereocenters. The van der Waals surface area contributed by atoms with E-state index in [1.54, 1.807) is 7.11 Å². The van der Waals surface area contributed by atoms with Gasteiger partial charge in [0.1, 0.15) is 11.8 Å². The summed E-state index contributed by atoms with van der Waals surface area (Å²) in [6.07, 6.45) is 1.65. The second-order valence-electron chi connectivity index (χ2n) is 5.28. The summed E-state index contributed by atoms with van der Waals surface area (Å²) in [4.78, 5) is 13.6. The van der Waals surface area contributed by atoms with E-state index in [9.17, 15) is 4.79 Å². The summed E-state index contributed by atoms with van der Waals surface area (Å²) in [5.74, 6) is 0.713. The van der Waals surface area contributed by atoms with Crippen LogP contribution in [-0.2, 0) is 9.53 Å². The summed E-state index contributed by atoms with van der Waals surface area (Å²) >= 11 is 6.16. The number of carbonyl (C=O) groups is 1. The molecule has 0 radical (unpaired) electrons. The highest BCUT2D eigenvalue weighted by molar-refractivity contribution is 6.32. The molecule has 0 aliphatic carbocycles. The van der Waals surface area contributed by atoms with Gasteiger partial charge in [-0.25, -0.2) is 0 Å². The van der Waals surface area contributed by atoms with Crippen LogP contribution in [-0.4, -0.2) is 39.3 Å². The first kappa shape index (κ1) is 15.9. The highest BCUT2D eigenvalue weighted by atomic mass is 35.5. The minimum absolute atomic E-state index is 0.346. The Kier molecular flexibility index (Phi) is 5.31. The molecule has 1 aliphatic heterocycles. The highest BCUT2D eigenvalue weighted by Gasteiger charge is 2.27. The summed E-state index contributed by atoms with van der Waals surface area (Å²) in [5, 5.41) is 0.602. The second-order valence-corrected chi connectivity index (χ2v) is 5.69. The van der Waals surface area contributed by atoms with Gasteiger partial charge in [0.15, 0.2) is 0 Å². The normalized spacial score (nSPS) is 19.4. The fraction of sp³-hybridized carbons (Fsp3) is 0.533. The summed E-state index contributed by atoms with van der Waals surface area (Å²) in [6, 6.07) is 5.22. The molecule has 2 rings (SSSR count). The Labute approximate surface area is 130 Å². The van der Waals surface area contributed by atoms with Crippen LogP contribution in [0.2, 0.25) is 5.02 Å². The first-order chi connectivity index (χ1) is 10.0. The first-order valence-corrected chi connectivity index (χ1v) is 7.34. The molecule has 0 aromatic heterocycles. The minimum Gasteiger partial charge on any atom is -0.495 e. The number of methoxy groups -OCH3 is 2. The van der Waals surface area contributed by atoms with Crippen molar-refractivity contribution in [2.45, 2.75) is 18.9 Å². The molecule has 2 N–H and O–H groups in total. The predicted octanol–water partition coefficient (Wildman–Crippen LogP) is 2.07. The van der Waals surface area contributed by atoms with E-state index in [0.717, 1.165) is 25.2 Å². The average molecular weight is 313 g/mol. The third kappa shape index (κ3) is 3.80. The standard InChI is InChI=1S/C15H21ClN2O3/c1-20-14-4-3-11(8-12(14)16)18-6-5-10(9-18)7-13(17)15(19)21-2/h3-4,8,10,13H,5-7,9,17H2,1-2H3. The lowest BCUT2D eigenvalue weighted by Crippen LogP contribution is -2.34. The number of benzene rings is 1. The van der Waals surface area contributed by atoms with Crippen LogP contribution in [0.1, 0.15) is 12.8 Å². The van der Waals surface area contributed by atoms with Crippen LogP contribution < -0.4 is 15.4 Å². The van der Waals surface area contributed by atoms with Crippen LogP contribution in [0, 0.1) is 5.92 Å². The fourth-order valence-electron chi connectivity index (χ4n) is 2.72. The number of nitrogens with zero attached hydrogens (tertiary/aromatic N) is 1. The Bertz CT molecular complexity index is 510. The van der Waals surface area contributed by atoms with Crippen molar-refractivity contribution >= 4 is 23.3 Å². The van der Waals surface area contributed by atoms with Crippen LogP contribution >= 0.6 is 11.6 Å². The van der Waals surface area contributed by atoms with Gasteiger partial charge in [-0.15, -0.1) is 0 Å². The molecule has 1 saturated heterocycles. The summed E-state index contributed by atoms with van der Waals surface area (Å²) < 4.78 is 9.82. The molecule has 1 aliphatic rings. The quantitative estimate of drug-likeness (QED) is 0.843. The zero-order valence-electron chi connectivity index (χ0n) is 12.3. The lowest BCUT2D eigenvalue weighted by Gasteiger charge is -2.20. The number of rotatable bonds is 5. The SMILES string of the molecule is COC(=O)C(N)CC1CCN(c2ccc(OC)c(Cl)c2)C1. The molecule has 21 heavy (non-hydrogen) atoms. The van der Waals surface area contributed by atoms with E-state index in [1.807, 2.05) is 18.2 Å². The Morgan fingerprint density at radius 3 is 2.90 bits per heavy atom. The number of ether oxygens (including phenoxy) is 2. The third-order valence-corrected chi connectivity index (χ3v) is 4.17. The minimum atomic E-state index is -0.542. The van der Waals surface area contributed by atoms with Crippen molar-refractivity contribution in [3.8, 4) is 5.75 Å². The van der Waals surface area contributed by atoms with Crippen molar-refractivity contribution in [2.75, 3.05) is 32.2 Å². The van der Waals surface area contributed by atoms with Crippen molar-refractivity contribution < 1.29 is 14.3 Å². The molecule has 0 amide bonds. The van der Waals surface area contributed by atoms with Gasteiger partial charge in [-0.2, -0.15) is 0 Å². The van der Waals surface area contributed by atoms with Crippen molar-refractivity contribution in [1.29, 1.82) is 0 Å². The molecular formula is C15H21ClN2O3. The first-order valence-electron chi connectivity index (χ1n) is 6.97. The van der Waals surface area contributed by atoms with Crippen LogP contribution in [0.15, 0.2) is 18.2 Å². The molecule has 0 spiro atoms. The van der Waals surface area contributed by atoms with Gasteiger partial charge in [0.2, 0.25) is 0 Å². The van der Waals surface area contributed by atoms with Gasteiger partial charge >= 0.3 is 5.97 Å². The molecule has 1 aromatic carbocycles. The van der Waals surface area contributed by atoms with E-state index in [2.05, 4.69) is 9.64 Å². The highest BCUT2D eigenvalue weighted by Crippen LogP contribution is 2.32. The predicted molar refractivity (Wildman–Crippen MR) is 82.9 cm³/mol. The number of hydrogen-bond acceptors (Lipinski definition) is 5. The van der Waals surface area contributed by atoms with Gasteiger partial charge in [-0.05, 0) is 37.0 Å². The van der Waals surface area contributed by atoms with Gasteiger partial charge in [-0.3, -0.25) is 4.79 Å². The molecule has 1 fully saturated rings. The number of anilines is 1. The zero-order chi connectivity index (χ0) is 15.4. The van der Waals surface area contributed by atoms with Crippen LogP contribution in [0.5, 0.6) is 5.75 Å².